The third kappa shape index (κ3) is 4.84. The van der Waals surface area contributed by atoms with Crippen LogP contribution in [0.25, 0.3) is 17.1 Å². The van der Waals surface area contributed by atoms with Gasteiger partial charge in [0.25, 0.3) is 5.91 Å². The summed E-state index contributed by atoms with van der Waals surface area (Å²) in [4.78, 5) is 39.3. The molecule has 2 aliphatic heterocycles. The van der Waals surface area contributed by atoms with Crippen molar-refractivity contribution in [3.05, 3.63) is 65.6 Å². The number of anilines is 1. The second-order valence-electron chi connectivity index (χ2n) is 8.71. The predicted octanol–water partition coefficient (Wildman–Crippen LogP) is 2.46. The van der Waals surface area contributed by atoms with Crippen molar-refractivity contribution in [1.29, 1.82) is 0 Å². The molecule has 9 nitrogen and oxygen atoms in total. The summed E-state index contributed by atoms with van der Waals surface area (Å²) in [6, 6.07) is 11.8. The largest absolute Gasteiger partial charge is 0.352 e. The maximum absolute atomic E-state index is 12.7. The maximum atomic E-state index is 12.7. The number of H-pyrrole nitrogens is 1. The molecule has 5 rings (SSSR count). The van der Waals surface area contributed by atoms with Gasteiger partial charge < -0.3 is 20.5 Å². The number of nitrogens with zero attached hydrogens (tertiary/aromatic N) is 3. The molecule has 0 saturated carbocycles. The summed E-state index contributed by atoms with van der Waals surface area (Å²) in [7, 11) is 2.07. The Balaban J connectivity index is 1.31. The molecule has 1 saturated heterocycles. The van der Waals surface area contributed by atoms with Crippen LogP contribution in [-0.4, -0.2) is 52.8 Å². The monoisotopic (exact) mass is 457 g/mol. The SMILES string of the molecule is CN1CCC(C(=O)Nc2cnc3[nH]cc(/C=C4/N=C(NCc5ccccc5)NC4=O)c3c2)CC1. The molecular formula is C25H27N7O2. The normalized spacial score (nSPS) is 18.2. The van der Waals surface area contributed by atoms with Crippen LogP contribution in [0.2, 0.25) is 0 Å². The van der Waals surface area contributed by atoms with Gasteiger partial charge in [0.15, 0.2) is 0 Å². The Morgan fingerprint density at radius 2 is 2.03 bits per heavy atom. The first-order chi connectivity index (χ1) is 16.5. The Morgan fingerprint density at radius 3 is 2.82 bits per heavy atom. The number of rotatable bonds is 5. The first-order valence-electron chi connectivity index (χ1n) is 11.4. The number of hydrogen-bond acceptors (Lipinski definition) is 6. The van der Waals surface area contributed by atoms with E-state index in [0.717, 1.165) is 42.4 Å². The van der Waals surface area contributed by atoms with E-state index >= 15 is 0 Å². The standard InChI is InChI=1S/C25H27N7O2/c1-32-9-7-17(8-10-32)23(33)29-19-12-20-18(14-26-22(20)27-15-19)11-21-24(34)31-25(30-21)28-13-16-5-3-2-4-6-16/h2-6,11-12,14-15,17H,7-10,13H2,1H3,(H,26,27)(H,29,33)(H2,28,30,31,34)/b21-11+. The number of likely N-dealkylation sites (tertiary alicyclic amines) is 1. The van der Waals surface area contributed by atoms with Crippen LogP contribution in [-0.2, 0) is 16.1 Å². The molecule has 9 heteroatoms. The number of aliphatic imine (C=N–C) groups is 1. The number of carbonyl (C=O) groups excluding carboxylic acids is 2. The summed E-state index contributed by atoms with van der Waals surface area (Å²) in [5, 5.41) is 9.72. The topological polar surface area (TPSA) is 115 Å². The molecule has 0 atom stereocenters. The number of aromatic nitrogens is 2. The van der Waals surface area contributed by atoms with Crippen LogP contribution in [0, 0.1) is 5.92 Å². The second kappa shape index (κ2) is 9.48. The average Bonchev–Trinajstić information content (AvgIpc) is 3.41. The number of benzene rings is 1. The third-order valence-corrected chi connectivity index (χ3v) is 6.21. The lowest BCUT2D eigenvalue weighted by Gasteiger charge is -2.28. The van der Waals surface area contributed by atoms with Gasteiger partial charge >= 0.3 is 0 Å². The van der Waals surface area contributed by atoms with Crippen molar-refractivity contribution < 1.29 is 9.59 Å². The zero-order chi connectivity index (χ0) is 23.5. The fourth-order valence-corrected chi connectivity index (χ4v) is 4.21. The molecule has 0 unspecified atom stereocenters. The van der Waals surface area contributed by atoms with Crippen LogP contribution in [0.4, 0.5) is 5.69 Å². The van der Waals surface area contributed by atoms with Gasteiger partial charge in [0.05, 0.1) is 11.9 Å². The number of carbonyl (C=O) groups is 2. The number of guanidine groups is 1. The fourth-order valence-electron chi connectivity index (χ4n) is 4.21. The van der Waals surface area contributed by atoms with Crippen molar-refractivity contribution in [2.24, 2.45) is 10.9 Å². The number of amides is 2. The maximum Gasteiger partial charge on any atom is 0.276 e. The molecule has 4 heterocycles. The summed E-state index contributed by atoms with van der Waals surface area (Å²) in [6.45, 7) is 2.41. The number of nitrogens with one attached hydrogen (secondary N) is 4. The van der Waals surface area contributed by atoms with E-state index in [-0.39, 0.29) is 17.7 Å². The van der Waals surface area contributed by atoms with Crippen molar-refractivity contribution >= 4 is 40.6 Å². The van der Waals surface area contributed by atoms with Gasteiger partial charge in [0.1, 0.15) is 11.3 Å². The summed E-state index contributed by atoms with van der Waals surface area (Å²) in [5.41, 5.74) is 3.48. The van der Waals surface area contributed by atoms with Crippen LogP contribution in [0.1, 0.15) is 24.0 Å². The Hall–Kier alpha value is -3.98. The smallest absolute Gasteiger partial charge is 0.276 e. The summed E-state index contributed by atoms with van der Waals surface area (Å²) >= 11 is 0. The van der Waals surface area contributed by atoms with E-state index in [4.69, 9.17) is 0 Å². The molecule has 1 aromatic carbocycles. The van der Waals surface area contributed by atoms with E-state index in [2.05, 4.69) is 42.9 Å². The molecule has 2 aromatic heterocycles. The minimum Gasteiger partial charge on any atom is -0.352 e. The lowest BCUT2D eigenvalue weighted by molar-refractivity contribution is -0.121. The van der Waals surface area contributed by atoms with E-state index in [0.29, 0.717) is 29.5 Å². The molecule has 2 amide bonds. The average molecular weight is 458 g/mol. The summed E-state index contributed by atoms with van der Waals surface area (Å²) in [5.74, 6) is 0.186. The Labute approximate surface area is 197 Å². The molecule has 34 heavy (non-hydrogen) atoms. The van der Waals surface area contributed by atoms with E-state index in [1.54, 1.807) is 18.5 Å². The van der Waals surface area contributed by atoms with E-state index in [9.17, 15) is 9.59 Å². The first kappa shape index (κ1) is 21.8. The van der Waals surface area contributed by atoms with E-state index < -0.39 is 0 Å². The van der Waals surface area contributed by atoms with Crippen LogP contribution in [0.15, 0.2) is 59.5 Å². The molecule has 2 aliphatic rings. The van der Waals surface area contributed by atoms with Crippen molar-refractivity contribution in [2.45, 2.75) is 19.4 Å². The van der Waals surface area contributed by atoms with Gasteiger partial charge in [-0.15, -0.1) is 0 Å². The van der Waals surface area contributed by atoms with Crippen LogP contribution < -0.4 is 16.0 Å². The van der Waals surface area contributed by atoms with E-state index in [1.807, 2.05) is 36.4 Å². The van der Waals surface area contributed by atoms with Gasteiger partial charge in [0, 0.05) is 29.6 Å². The number of aromatic amines is 1. The molecular weight excluding hydrogens is 430 g/mol. The number of fused-ring (bicyclic) bond motifs is 1. The van der Waals surface area contributed by atoms with Gasteiger partial charge in [-0.2, -0.15) is 0 Å². The minimum absolute atomic E-state index is 0.0121. The highest BCUT2D eigenvalue weighted by Crippen LogP contribution is 2.25. The highest BCUT2D eigenvalue weighted by Gasteiger charge is 2.24. The van der Waals surface area contributed by atoms with Gasteiger partial charge in [0.2, 0.25) is 11.9 Å². The van der Waals surface area contributed by atoms with E-state index in [1.165, 1.54) is 0 Å². The highest BCUT2D eigenvalue weighted by molar-refractivity contribution is 6.14. The zero-order valence-corrected chi connectivity index (χ0v) is 19.0. The van der Waals surface area contributed by atoms with Crippen LogP contribution in [0.5, 0.6) is 0 Å². The highest BCUT2D eigenvalue weighted by atomic mass is 16.2. The Morgan fingerprint density at radius 1 is 1.24 bits per heavy atom. The second-order valence-corrected chi connectivity index (χ2v) is 8.71. The summed E-state index contributed by atoms with van der Waals surface area (Å²) < 4.78 is 0. The molecule has 3 aromatic rings. The number of piperidine rings is 1. The van der Waals surface area contributed by atoms with Gasteiger partial charge in [-0.3, -0.25) is 14.9 Å². The molecule has 0 aliphatic carbocycles. The van der Waals surface area contributed by atoms with Crippen LogP contribution >= 0.6 is 0 Å². The molecule has 0 spiro atoms. The van der Waals surface area contributed by atoms with Crippen molar-refractivity contribution in [3.63, 3.8) is 0 Å². The lowest BCUT2D eigenvalue weighted by Crippen LogP contribution is -2.35. The van der Waals surface area contributed by atoms with Crippen LogP contribution in [0.3, 0.4) is 0 Å². The molecule has 4 N–H and O–H groups in total. The molecule has 0 radical (unpaired) electrons. The van der Waals surface area contributed by atoms with Crippen molar-refractivity contribution in [2.75, 3.05) is 25.5 Å². The first-order valence-corrected chi connectivity index (χ1v) is 11.4. The number of hydrogen-bond donors (Lipinski definition) is 4. The Kier molecular flexibility index (Phi) is 6.09. The van der Waals surface area contributed by atoms with Crippen molar-refractivity contribution in [1.82, 2.24) is 25.5 Å². The van der Waals surface area contributed by atoms with Gasteiger partial charge in [-0.05, 0) is 50.7 Å². The lowest BCUT2D eigenvalue weighted by atomic mass is 9.96. The predicted molar refractivity (Wildman–Crippen MR) is 132 cm³/mol. The molecule has 1 fully saturated rings. The molecule has 174 valence electrons. The minimum atomic E-state index is -0.274. The van der Waals surface area contributed by atoms with Gasteiger partial charge in [-0.25, -0.2) is 9.98 Å². The Bertz CT molecular complexity index is 1270. The number of pyridine rings is 1. The fraction of sp³-hybridized carbons (Fsp3) is 0.280. The summed E-state index contributed by atoms with van der Waals surface area (Å²) in [6.07, 6.45) is 6.86. The quantitative estimate of drug-likeness (QED) is 0.440. The zero-order valence-electron chi connectivity index (χ0n) is 19.0. The third-order valence-electron chi connectivity index (χ3n) is 6.21. The molecule has 0 bridgehead atoms. The van der Waals surface area contributed by atoms with Gasteiger partial charge in [-0.1, -0.05) is 30.3 Å². The van der Waals surface area contributed by atoms with Crippen molar-refractivity contribution in [3.8, 4) is 0 Å².